The molecule has 1 aliphatic heterocycles. The van der Waals surface area contributed by atoms with E-state index in [1.807, 2.05) is 5.32 Å². The first kappa shape index (κ1) is 22.3. The van der Waals surface area contributed by atoms with Gasteiger partial charge >= 0.3 is 18.2 Å². The number of carbonyl (C=O) groups is 3. The van der Waals surface area contributed by atoms with Crippen LogP contribution in [0.1, 0.15) is 25.3 Å². The van der Waals surface area contributed by atoms with Crippen LogP contribution < -0.4 is 10.6 Å². The fourth-order valence-corrected chi connectivity index (χ4v) is 2.82. The Morgan fingerprint density at radius 2 is 1.93 bits per heavy atom. The molecule has 1 atom stereocenters. The number of benzene rings is 1. The second-order valence-electron chi connectivity index (χ2n) is 6.32. The van der Waals surface area contributed by atoms with Crippen molar-refractivity contribution < 1.29 is 32.3 Å². The summed E-state index contributed by atoms with van der Waals surface area (Å²) in [7, 11) is 0. The van der Waals surface area contributed by atoms with E-state index in [2.05, 4.69) is 5.32 Å². The van der Waals surface area contributed by atoms with Gasteiger partial charge in [-0.15, -0.1) is 0 Å². The molecule has 1 aliphatic rings. The summed E-state index contributed by atoms with van der Waals surface area (Å²) >= 11 is 0. The van der Waals surface area contributed by atoms with E-state index in [4.69, 9.17) is 4.74 Å². The lowest BCUT2D eigenvalue weighted by atomic mass is 10.2. The van der Waals surface area contributed by atoms with E-state index in [0.29, 0.717) is 24.1 Å². The van der Waals surface area contributed by atoms with Crippen molar-refractivity contribution in [2.24, 2.45) is 0 Å². The molecule has 1 saturated heterocycles. The van der Waals surface area contributed by atoms with Crippen molar-refractivity contribution in [2.45, 2.75) is 32.0 Å². The Bertz CT molecular complexity index is 763. The van der Waals surface area contributed by atoms with Gasteiger partial charge in [-0.05, 0) is 43.5 Å². The second kappa shape index (κ2) is 9.94. The highest BCUT2D eigenvalue weighted by Crippen LogP contribution is 2.20. The van der Waals surface area contributed by atoms with Crippen LogP contribution in [0.5, 0.6) is 0 Å². The summed E-state index contributed by atoms with van der Waals surface area (Å²) in [5.74, 6) is -1.29. The molecule has 2 rings (SSSR count). The van der Waals surface area contributed by atoms with Crippen molar-refractivity contribution in [3.63, 3.8) is 0 Å². The molecule has 1 aromatic carbocycles. The third-order valence-electron chi connectivity index (χ3n) is 4.14. The smallest absolute Gasteiger partial charge is 0.405 e. The maximum atomic E-state index is 12.4. The Hall–Kier alpha value is -3.04. The van der Waals surface area contributed by atoms with Crippen LogP contribution in [-0.4, -0.2) is 54.7 Å². The molecule has 2 N–H and O–H groups in total. The highest BCUT2D eigenvalue weighted by Gasteiger charge is 2.36. The topological polar surface area (TPSA) is 87.7 Å². The van der Waals surface area contributed by atoms with Crippen molar-refractivity contribution in [3.8, 4) is 0 Å². The van der Waals surface area contributed by atoms with E-state index in [0.717, 1.165) is 0 Å². The Kier molecular flexibility index (Phi) is 7.63. The van der Waals surface area contributed by atoms with Gasteiger partial charge < -0.3 is 20.3 Å². The molecular formula is C19H22F3N3O4. The van der Waals surface area contributed by atoms with Gasteiger partial charge in [0.15, 0.2) is 0 Å². The first-order chi connectivity index (χ1) is 13.7. The number of ether oxygens (including phenoxy) is 1. The van der Waals surface area contributed by atoms with Crippen LogP contribution in [0.25, 0.3) is 6.08 Å². The Balaban J connectivity index is 1.93. The number of rotatable bonds is 6. The van der Waals surface area contributed by atoms with E-state index in [1.54, 1.807) is 37.3 Å². The van der Waals surface area contributed by atoms with Crippen LogP contribution in [0, 0.1) is 0 Å². The molecule has 0 aliphatic carbocycles. The predicted octanol–water partition coefficient (Wildman–Crippen LogP) is 2.94. The van der Waals surface area contributed by atoms with Gasteiger partial charge in [0.2, 0.25) is 5.91 Å². The summed E-state index contributed by atoms with van der Waals surface area (Å²) in [4.78, 5) is 37.0. The van der Waals surface area contributed by atoms with Gasteiger partial charge in [-0.2, -0.15) is 13.2 Å². The van der Waals surface area contributed by atoms with Crippen molar-refractivity contribution in [3.05, 3.63) is 35.9 Å². The first-order valence-corrected chi connectivity index (χ1v) is 9.06. The van der Waals surface area contributed by atoms with E-state index in [9.17, 15) is 27.6 Å². The van der Waals surface area contributed by atoms with Gasteiger partial charge in [-0.1, -0.05) is 12.1 Å². The number of carbonyl (C=O) groups excluding carboxylic acids is 3. The third kappa shape index (κ3) is 7.13. The van der Waals surface area contributed by atoms with Crippen LogP contribution >= 0.6 is 0 Å². The molecule has 1 unspecified atom stereocenters. The summed E-state index contributed by atoms with van der Waals surface area (Å²) in [5, 5.41) is 4.44. The van der Waals surface area contributed by atoms with Gasteiger partial charge in [0, 0.05) is 18.3 Å². The molecule has 0 spiro atoms. The predicted molar refractivity (Wildman–Crippen MR) is 99.9 cm³/mol. The molecule has 1 aromatic rings. The number of esters is 1. The standard InChI is InChI=1S/C19H22F3N3O4/c1-2-29-16(26)10-7-13-5-8-14(9-6-13)24-18(28)25-11-3-4-15(25)17(27)23-12-19(20,21)22/h5-10,15H,2-4,11-12H2,1H3,(H,23,27)(H,24,28)/b10-7+. The summed E-state index contributed by atoms with van der Waals surface area (Å²) in [6, 6.07) is 5.05. The Morgan fingerprint density at radius 3 is 2.55 bits per heavy atom. The van der Waals surface area contributed by atoms with Gasteiger partial charge in [-0.3, -0.25) is 4.79 Å². The molecular weight excluding hydrogens is 391 g/mol. The first-order valence-electron chi connectivity index (χ1n) is 9.06. The van der Waals surface area contributed by atoms with Gasteiger partial charge in [0.05, 0.1) is 6.61 Å². The highest BCUT2D eigenvalue weighted by molar-refractivity contribution is 5.94. The number of nitrogens with zero attached hydrogens (tertiary/aromatic N) is 1. The third-order valence-corrected chi connectivity index (χ3v) is 4.14. The molecule has 0 radical (unpaired) electrons. The zero-order valence-corrected chi connectivity index (χ0v) is 15.8. The van der Waals surface area contributed by atoms with Crippen molar-refractivity contribution in [2.75, 3.05) is 25.0 Å². The summed E-state index contributed by atoms with van der Waals surface area (Å²) in [6.07, 6.45) is -0.842. The molecule has 1 fully saturated rings. The number of alkyl halides is 3. The number of hydrogen-bond acceptors (Lipinski definition) is 4. The van der Waals surface area contributed by atoms with Crippen molar-refractivity contribution >= 4 is 29.7 Å². The van der Waals surface area contributed by atoms with Gasteiger partial charge in [0.25, 0.3) is 0 Å². The molecule has 3 amide bonds. The number of halogens is 3. The van der Waals surface area contributed by atoms with Crippen LogP contribution in [0.2, 0.25) is 0 Å². The number of urea groups is 1. The maximum Gasteiger partial charge on any atom is 0.405 e. The van der Waals surface area contributed by atoms with E-state index in [-0.39, 0.29) is 13.2 Å². The minimum Gasteiger partial charge on any atom is -0.463 e. The SMILES string of the molecule is CCOC(=O)/C=C/c1ccc(NC(=O)N2CCCC2C(=O)NCC(F)(F)F)cc1. The van der Waals surface area contributed by atoms with Crippen LogP contribution in [0.4, 0.5) is 23.7 Å². The maximum absolute atomic E-state index is 12.4. The number of likely N-dealkylation sites (tertiary alicyclic amines) is 1. The molecule has 0 bridgehead atoms. The zero-order valence-electron chi connectivity index (χ0n) is 15.8. The molecule has 0 aromatic heterocycles. The number of hydrogen-bond donors (Lipinski definition) is 2. The Labute approximate surface area is 165 Å². The van der Waals surface area contributed by atoms with Gasteiger partial charge in [-0.25, -0.2) is 9.59 Å². The lowest BCUT2D eigenvalue weighted by molar-refractivity contribution is -0.140. The molecule has 7 nitrogen and oxygen atoms in total. The fraction of sp³-hybridized carbons (Fsp3) is 0.421. The number of anilines is 1. The monoisotopic (exact) mass is 413 g/mol. The average molecular weight is 413 g/mol. The van der Waals surface area contributed by atoms with Crippen LogP contribution in [0.3, 0.4) is 0 Å². The quantitative estimate of drug-likeness (QED) is 0.555. The lowest BCUT2D eigenvalue weighted by Crippen LogP contribution is -2.49. The second-order valence-corrected chi connectivity index (χ2v) is 6.32. The average Bonchev–Trinajstić information content (AvgIpc) is 3.15. The van der Waals surface area contributed by atoms with E-state index < -0.39 is 36.7 Å². The minimum atomic E-state index is -4.51. The molecule has 158 valence electrons. The summed E-state index contributed by atoms with van der Waals surface area (Å²) in [6.45, 7) is 0.822. The normalized spacial score (nSPS) is 16.7. The fourth-order valence-electron chi connectivity index (χ4n) is 2.82. The summed E-state index contributed by atoms with van der Waals surface area (Å²) < 4.78 is 41.6. The number of amides is 3. The lowest BCUT2D eigenvalue weighted by Gasteiger charge is -2.24. The van der Waals surface area contributed by atoms with Crippen LogP contribution in [0.15, 0.2) is 30.3 Å². The Morgan fingerprint density at radius 1 is 1.24 bits per heavy atom. The minimum absolute atomic E-state index is 0.274. The number of nitrogens with one attached hydrogen (secondary N) is 2. The molecule has 0 saturated carbocycles. The molecule has 29 heavy (non-hydrogen) atoms. The van der Waals surface area contributed by atoms with Gasteiger partial charge in [0.1, 0.15) is 12.6 Å². The summed E-state index contributed by atoms with van der Waals surface area (Å²) in [5.41, 5.74) is 1.16. The van der Waals surface area contributed by atoms with Crippen LogP contribution in [-0.2, 0) is 14.3 Å². The zero-order chi connectivity index (χ0) is 21.4. The molecule has 10 heteroatoms. The van der Waals surface area contributed by atoms with E-state index in [1.165, 1.54) is 11.0 Å². The van der Waals surface area contributed by atoms with E-state index >= 15 is 0 Å². The van der Waals surface area contributed by atoms with Crippen molar-refractivity contribution in [1.29, 1.82) is 0 Å². The largest absolute Gasteiger partial charge is 0.463 e. The highest BCUT2D eigenvalue weighted by atomic mass is 19.4. The molecule has 1 heterocycles. The van der Waals surface area contributed by atoms with Crippen molar-refractivity contribution in [1.82, 2.24) is 10.2 Å².